The highest BCUT2D eigenvalue weighted by atomic mass is 35.5. The first-order chi connectivity index (χ1) is 9.99. The molecule has 1 amide bonds. The normalized spacial score (nSPS) is 25.6. The van der Waals surface area contributed by atoms with Gasteiger partial charge < -0.3 is 5.32 Å². The van der Waals surface area contributed by atoms with Crippen LogP contribution in [-0.2, 0) is 6.42 Å². The highest BCUT2D eigenvalue weighted by Crippen LogP contribution is 2.33. The summed E-state index contributed by atoms with van der Waals surface area (Å²) >= 11 is 6.18. The van der Waals surface area contributed by atoms with E-state index in [1.807, 2.05) is 19.9 Å². The maximum atomic E-state index is 12.7. The van der Waals surface area contributed by atoms with Crippen LogP contribution in [0.2, 0.25) is 0 Å². The molecular formula is C16H24ClN3O. The topological polar surface area (TPSA) is 54.9 Å². The molecule has 21 heavy (non-hydrogen) atoms. The lowest BCUT2D eigenvalue weighted by Gasteiger charge is -2.38. The second-order valence-corrected chi connectivity index (χ2v) is 6.52. The van der Waals surface area contributed by atoms with Crippen molar-refractivity contribution in [3.63, 3.8) is 0 Å². The van der Waals surface area contributed by atoms with Crippen molar-refractivity contribution in [1.29, 1.82) is 0 Å². The van der Waals surface area contributed by atoms with Gasteiger partial charge in [0.1, 0.15) is 0 Å². The Morgan fingerprint density at radius 3 is 2.67 bits per heavy atom. The zero-order valence-corrected chi connectivity index (χ0v) is 13.8. The van der Waals surface area contributed by atoms with Gasteiger partial charge in [0.2, 0.25) is 0 Å². The molecule has 0 atom stereocenters. The van der Waals surface area contributed by atoms with E-state index in [0.717, 1.165) is 37.1 Å². The van der Waals surface area contributed by atoms with Gasteiger partial charge in [-0.1, -0.05) is 13.8 Å². The third-order valence-electron chi connectivity index (χ3n) is 4.44. The third kappa shape index (κ3) is 3.73. The molecular weight excluding hydrogens is 286 g/mol. The lowest BCUT2D eigenvalue weighted by Crippen LogP contribution is -2.52. The van der Waals surface area contributed by atoms with Crippen LogP contribution in [0.15, 0.2) is 6.07 Å². The van der Waals surface area contributed by atoms with Crippen molar-refractivity contribution in [2.24, 2.45) is 5.92 Å². The molecule has 0 unspecified atom stereocenters. The van der Waals surface area contributed by atoms with Crippen LogP contribution in [-0.4, -0.2) is 27.5 Å². The Morgan fingerprint density at radius 1 is 1.43 bits per heavy atom. The summed E-state index contributed by atoms with van der Waals surface area (Å²) in [4.78, 5) is 12.7. The third-order valence-corrected chi connectivity index (χ3v) is 4.95. The Morgan fingerprint density at radius 2 is 2.10 bits per heavy atom. The van der Waals surface area contributed by atoms with Gasteiger partial charge in [-0.3, -0.25) is 4.79 Å². The van der Waals surface area contributed by atoms with E-state index in [0.29, 0.717) is 23.8 Å². The minimum absolute atomic E-state index is 0.0694. The van der Waals surface area contributed by atoms with E-state index in [4.69, 9.17) is 11.6 Å². The molecule has 0 radical (unpaired) electrons. The average Bonchev–Trinajstić information content (AvgIpc) is 2.49. The second kappa shape index (κ2) is 6.73. The van der Waals surface area contributed by atoms with E-state index < -0.39 is 0 Å². The Balaban J connectivity index is 2.18. The summed E-state index contributed by atoms with van der Waals surface area (Å²) in [5.41, 5.74) is 1.86. The molecule has 1 fully saturated rings. The number of aryl methyl sites for hydroxylation is 2. The maximum Gasteiger partial charge on any atom is 0.253 e. The largest absolute Gasteiger partial charge is 0.345 e. The Bertz CT molecular complexity index is 510. The van der Waals surface area contributed by atoms with Gasteiger partial charge in [0.15, 0.2) is 0 Å². The van der Waals surface area contributed by atoms with Crippen LogP contribution in [0.1, 0.15) is 61.3 Å². The molecule has 1 aromatic rings. The monoisotopic (exact) mass is 309 g/mol. The number of hydrogen-bond donors (Lipinski definition) is 1. The zero-order chi connectivity index (χ0) is 15.5. The van der Waals surface area contributed by atoms with Crippen molar-refractivity contribution in [2.75, 3.05) is 5.88 Å². The van der Waals surface area contributed by atoms with Crippen LogP contribution >= 0.6 is 11.6 Å². The Hall–Kier alpha value is -1.16. The SMILES string of the molecule is CCc1nnc(C)cc1C(=O)NC1(CCl)CCC(C)CC1. The molecule has 0 aliphatic heterocycles. The van der Waals surface area contributed by atoms with E-state index in [1.54, 1.807) is 0 Å². The number of nitrogens with one attached hydrogen (secondary N) is 1. The van der Waals surface area contributed by atoms with Crippen LogP contribution in [0.4, 0.5) is 0 Å². The summed E-state index contributed by atoms with van der Waals surface area (Å²) in [6.45, 7) is 6.09. The van der Waals surface area contributed by atoms with Crippen molar-refractivity contribution in [2.45, 2.75) is 58.4 Å². The predicted molar refractivity (Wildman–Crippen MR) is 84.7 cm³/mol. The number of nitrogens with zero attached hydrogens (tertiary/aromatic N) is 2. The lowest BCUT2D eigenvalue weighted by molar-refractivity contribution is 0.0870. The molecule has 2 rings (SSSR count). The fourth-order valence-corrected chi connectivity index (χ4v) is 3.22. The molecule has 0 bridgehead atoms. The molecule has 1 saturated carbocycles. The molecule has 0 spiro atoms. The Kier molecular flexibility index (Phi) is 5.20. The molecule has 116 valence electrons. The highest BCUT2D eigenvalue weighted by Gasteiger charge is 2.35. The number of alkyl halides is 1. The first-order valence-corrected chi connectivity index (χ1v) is 8.25. The van der Waals surface area contributed by atoms with Gasteiger partial charge in [-0.25, -0.2) is 0 Å². The van der Waals surface area contributed by atoms with Crippen molar-refractivity contribution in [3.8, 4) is 0 Å². The molecule has 1 N–H and O–H groups in total. The van der Waals surface area contributed by atoms with Crippen molar-refractivity contribution in [3.05, 3.63) is 23.0 Å². The van der Waals surface area contributed by atoms with Crippen LogP contribution in [0.25, 0.3) is 0 Å². The molecule has 0 aromatic carbocycles. The van der Waals surface area contributed by atoms with Crippen LogP contribution in [0.5, 0.6) is 0 Å². The standard InChI is InChI=1S/C16H24ClN3O/c1-4-14-13(9-12(3)19-20-14)15(21)18-16(10-17)7-5-11(2)6-8-16/h9,11H,4-8,10H2,1-3H3,(H,18,21). The van der Waals surface area contributed by atoms with Gasteiger partial charge in [-0.15, -0.1) is 11.6 Å². The predicted octanol–water partition coefficient (Wildman–Crippen LogP) is 3.26. The van der Waals surface area contributed by atoms with Crippen molar-refractivity contribution >= 4 is 17.5 Å². The molecule has 1 aliphatic carbocycles. The quantitative estimate of drug-likeness (QED) is 0.869. The fraction of sp³-hybridized carbons (Fsp3) is 0.688. The van der Waals surface area contributed by atoms with E-state index in [2.05, 4.69) is 22.4 Å². The van der Waals surface area contributed by atoms with Gasteiger partial charge in [0.25, 0.3) is 5.91 Å². The maximum absolute atomic E-state index is 12.7. The number of amides is 1. The highest BCUT2D eigenvalue weighted by molar-refractivity contribution is 6.19. The molecule has 4 nitrogen and oxygen atoms in total. The van der Waals surface area contributed by atoms with Crippen LogP contribution in [0, 0.1) is 12.8 Å². The average molecular weight is 310 g/mol. The van der Waals surface area contributed by atoms with Crippen LogP contribution < -0.4 is 5.32 Å². The zero-order valence-electron chi connectivity index (χ0n) is 13.1. The van der Waals surface area contributed by atoms with Gasteiger partial charge in [0.05, 0.1) is 22.5 Å². The number of carbonyl (C=O) groups is 1. The number of hydrogen-bond acceptors (Lipinski definition) is 3. The van der Waals surface area contributed by atoms with Gasteiger partial charge in [-0.05, 0) is 51.0 Å². The van der Waals surface area contributed by atoms with Gasteiger partial charge in [0, 0.05) is 5.88 Å². The lowest BCUT2D eigenvalue weighted by atomic mass is 9.78. The minimum Gasteiger partial charge on any atom is -0.345 e. The summed E-state index contributed by atoms with van der Waals surface area (Å²) in [5, 5.41) is 11.3. The molecule has 5 heteroatoms. The van der Waals surface area contributed by atoms with E-state index in [-0.39, 0.29) is 11.4 Å². The number of rotatable bonds is 4. The smallest absolute Gasteiger partial charge is 0.253 e. The molecule has 0 saturated heterocycles. The Labute approximate surface area is 131 Å². The van der Waals surface area contributed by atoms with Crippen molar-refractivity contribution in [1.82, 2.24) is 15.5 Å². The number of carbonyl (C=O) groups excluding carboxylic acids is 1. The summed E-state index contributed by atoms with van der Waals surface area (Å²) in [6, 6.07) is 1.81. The summed E-state index contributed by atoms with van der Waals surface area (Å²) in [5.74, 6) is 1.11. The van der Waals surface area contributed by atoms with Gasteiger partial charge >= 0.3 is 0 Å². The van der Waals surface area contributed by atoms with Crippen molar-refractivity contribution < 1.29 is 4.79 Å². The first-order valence-electron chi connectivity index (χ1n) is 7.71. The summed E-state index contributed by atoms with van der Waals surface area (Å²) in [7, 11) is 0. The fourth-order valence-electron chi connectivity index (χ4n) is 2.89. The van der Waals surface area contributed by atoms with Gasteiger partial charge in [-0.2, -0.15) is 10.2 Å². The summed E-state index contributed by atoms with van der Waals surface area (Å²) < 4.78 is 0. The molecule has 1 aromatic heterocycles. The second-order valence-electron chi connectivity index (χ2n) is 6.25. The first kappa shape index (κ1) is 16.2. The van der Waals surface area contributed by atoms with E-state index in [9.17, 15) is 4.79 Å². The van der Waals surface area contributed by atoms with Crippen LogP contribution in [0.3, 0.4) is 0 Å². The molecule has 1 heterocycles. The minimum atomic E-state index is -0.271. The number of halogens is 1. The summed E-state index contributed by atoms with van der Waals surface area (Å²) in [6.07, 6.45) is 4.81. The molecule has 1 aliphatic rings. The van der Waals surface area contributed by atoms with E-state index >= 15 is 0 Å². The number of aromatic nitrogens is 2. The van der Waals surface area contributed by atoms with E-state index in [1.165, 1.54) is 0 Å².